The van der Waals surface area contributed by atoms with Gasteiger partial charge in [-0.05, 0) is 62.5 Å². The predicted molar refractivity (Wildman–Crippen MR) is 160 cm³/mol. The van der Waals surface area contributed by atoms with Crippen molar-refractivity contribution in [2.24, 2.45) is 0 Å². The van der Waals surface area contributed by atoms with E-state index >= 15 is 0 Å². The number of hydrogen-bond donors (Lipinski definition) is 0. The Balaban J connectivity index is 1.70. The van der Waals surface area contributed by atoms with Crippen molar-refractivity contribution in [1.82, 2.24) is 18.8 Å². The van der Waals surface area contributed by atoms with Crippen molar-refractivity contribution in [2.75, 3.05) is 26.4 Å². The molecule has 0 saturated carbocycles. The lowest BCUT2D eigenvalue weighted by atomic mass is 10.0. The number of rotatable bonds is 16. The van der Waals surface area contributed by atoms with Gasteiger partial charge in [-0.15, -0.1) is 4.31 Å². The summed E-state index contributed by atoms with van der Waals surface area (Å²) in [6, 6.07) is 0.997. The zero-order valence-electron chi connectivity index (χ0n) is 24.7. The molecule has 1 aliphatic heterocycles. The summed E-state index contributed by atoms with van der Waals surface area (Å²) in [5, 5.41) is 0. The number of imidazole rings is 1. The molecule has 2 atom stereocenters. The Bertz CT molecular complexity index is 989. The molecule has 0 radical (unpaired) electrons. The molecular weight excluding hydrogens is 600 g/mol. The van der Waals surface area contributed by atoms with Gasteiger partial charge in [0.15, 0.2) is 0 Å². The predicted octanol–water partition coefficient (Wildman–Crippen LogP) is 6.62. The molecule has 0 bridgehead atoms. The normalized spacial score (nSPS) is 17.7. The summed E-state index contributed by atoms with van der Waals surface area (Å²) in [5.41, 5.74) is 0. The van der Waals surface area contributed by atoms with Crippen molar-refractivity contribution < 1.29 is 23.2 Å². The zero-order chi connectivity index (χ0) is 28.7. The SMILES string of the molecule is CCN([C@@H](CCCCCC1(c2ncco2)OCCO1)c1ncc(Br)n1COCC[Si](C)(C)C)[S@+]([O-])C(C)(C)C. The molecule has 0 N–H and O–H groups in total. The van der Waals surface area contributed by atoms with Crippen molar-refractivity contribution in [3.8, 4) is 0 Å². The second-order valence-corrected chi connectivity index (χ2v) is 20.8. The molecule has 39 heavy (non-hydrogen) atoms. The van der Waals surface area contributed by atoms with Gasteiger partial charge in [0.2, 0.25) is 5.79 Å². The van der Waals surface area contributed by atoms with Crippen LogP contribution in [0.1, 0.15) is 77.6 Å². The first-order valence-electron chi connectivity index (χ1n) is 14.0. The van der Waals surface area contributed by atoms with E-state index in [2.05, 4.69) is 56.4 Å². The second-order valence-electron chi connectivity index (χ2n) is 12.2. The quantitative estimate of drug-likeness (QED) is 0.114. The topological polar surface area (TPSA) is 97.8 Å². The van der Waals surface area contributed by atoms with Crippen molar-refractivity contribution in [3.63, 3.8) is 0 Å². The van der Waals surface area contributed by atoms with Gasteiger partial charge in [-0.2, -0.15) is 0 Å². The van der Waals surface area contributed by atoms with Gasteiger partial charge in [0.05, 0.1) is 25.6 Å². The fourth-order valence-electron chi connectivity index (χ4n) is 4.62. The number of unbranched alkanes of at least 4 members (excludes halogenated alkanes) is 2. The monoisotopic (exact) mass is 646 g/mol. The molecule has 0 spiro atoms. The summed E-state index contributed by atoms with van der Waals surface area (Å²) in [6.45, 7) is 18.1. The number of nitrogens with zero attached hydrogens (tertiary/aromatic N) is 4. The van der Waals surface area contributed by atoms with Crippen LogP contribution in [0.25, 0.3) is 0 Å². The number of aromatic nitrogens is 3. The molecular formula is C27H47BrN4O5SSi. The number of oxazole rings is 1. The van der Waals surface area contributed by atoms with Gasteiger partial charge in [-0.25, -0.2) is 9.97 Å². The lowest BCUT2D eigenvalue weighted by molar-refractivity contribution is -0.187. The molecule has 222 valence electrons. The lowest BCUT2D eigenvalue weighted by Crippen LogP contribution is -2.45. The van der Waals surface area contributed by atoms with E-state index in [0.717, 1.165) is 48.8 Å². The van der Waals surface area contributed by atoms with Gasteiger partial charge in [0, 0.05) is 39.0 Å². The van der Waals surface area contributed by atoms with Gasteiger partial charge in [0.25, 0.3) is 5.89 Å². The number of hydrogen-bond acceptors (Lipinski definition) is 8. The van der Waals surface area contributed by atoms with Crippen LogP contribution in [0.15, 0.2) is 27.7 Å². The van der Waals surface area contributed by atoms with Crippen molar-refractivity contribution >= 4 is 35.4 Å². The first kappa shape index (κ1) is 32.8. The fourth-order valence-corrected chi connectivity index (χ4v) is 7.13. The molecule has 0 unspecified atom stereocenters. The van der Waals surface area contributed by atoms with E-state index in [4.69, 9.17) is 23.6 Å². The van der Waals surface area contributed by atoms with Crippen LogP contribution < -0.4 is 0 Å². The average Bonchev–Trinajstić information content (AvgIpc) is 3.62. The first-order valence-corrected chi connectivity index (χ1v) is 19.6. The highest BCUT2D eigenvalue weighted by atomic mass is 79.9. The summed E-state index contributed by atoms with van der Waals surface area (Å²) < 4.78 is 41.8. The Morgan fingerprint density at radius 3 is 2.51 bits per heavy atom. The van der Waals surface area contributed by atoms with Crippen LogP contribution in [0.4, 0.5) is 0 Å². The van der Waals surface area contributed by atoms with Gasteiger partial charge >= 0.3 is 0 Å². The van der Waals surface area contributed by atoms with Gasteiger partial charge < -0.3 is 23.2 Å². The maximum Gasteiger partial charge on any atom is 0.255 e. The molecule has 1 aliphatic rings. The molecule has 1 saturated heterocycles. The third-order valence-electron chi connectivity index (χ3n) is 6.74. The van der Waals surface area contributed by atoms with E-state index in [1.165, 1.54) is 0 Å². The average molecular weight is 648 g/mol. The zero-order valence-corrected chi connectivity index (χ0v) is 28.1. The molecule has 0 aliphatic carbocycles. The van der Waals surface area contributed by atoms with Crippen LogP contribution in [0.3, 0.4) is 0 Å². The van der Waals surface area contributed by atoms with Crippen LogP contribution in [0.5, 0.6) is 0 Å². The van der Waals surface area contributed by atoms with Crippen molar-refractivity contribution in [3.05, 3.63) is 35.0 Å². The Labute approximate surface area is 246 Å². The van der Waals surface area contributed by atoms with E-state index in [-0.39, 0.29) is 10.8 Å². The van der Waals surface area contributed by atoms with E-state index in [9.17, 15) is 4.55 Å². The van der Waals surface area contributed by atoms with Crippen LogP contribution >= 0.6 is 15.9 Å². The molecule has 12 heteroatoms. The minimum atomic E-state index is -1.19. The smallest absolute Gasteiger partial charge is 0.255 e. The molecule has 0 amide bonds. The molecule has 2 aromatic heterocycles. The summed E-state index contributed by atoms with van der Waals surface area (Å²) in [5.74, 6) is 0.477. The Kier molecular flexibility index (Phi) is 12.1. The second kappa shape index (κ2) is 14.4. The molecule has 0 aromatic carbocycles. The van der Waals surface area contributed by atoms with Gasteiger partial charge in [0.1, 0.15) is 34.2 Å². The van der Waals surface area contributed by atoms with Crippen LogP contribution in [-0.4, -0.2) is 62.6 Å². The molecule has 3 heterocycles. The minimum Gasteiger partial charge on any atom is -0.597 e. The molecule has 1 fully saturated rings. The number of ether oxygens (including phenoxy) is 3. The maximum atomic E-state index is 13.6. The van der Waals surface area contributed by atoms with E-state index < -0.39 is 25.2 Å². The summed E-state index contributed by atoms with van der Waals surface area (Å²) in [6.07, 6.45) is 9.28. The third-order valence-corrected chi connectivity index (χ3v) is 11.1. The largest absolute Gasteiger partial charge is 0.597 e. The Morgan fingerprint density at radius 2 is 1.92 bits per heavy atom. The van der Waals surface area contributed by atoms with E-state index in [1.54, 1.807) is 12.5 Å². The van der Waals surface area contributed by atoms with Crippen LogP contribution in [0.2, 0.25) is 25.7 Å². The first-order chi connectivity index (χ1) is 18.4. The standard InChI is InChI=1S/C27H47BrN4O5SSi/c1-8-32(38(33)26(2,3)4)22(24-30-20-23(28)31(24)21-34-18-19-39(5,6)7)12-10-9-11-13-27(36-16-17-37-27)25-29-14-15-35-25/h14-15,20,22H,8-13,16-19,21H2,1-7H3/t22-,38+/m0/s1. The van der Waals surface area contributed by atoms with Gasteiger partial charge in [-0.3, -0.25) is 4.57 Å². The Morgan fingerprint density at radius 1 is 1.21 bits per heavy atom. The minimum absolute atomic E-state index is 0.110. The highest BCUT2D eigenvalue weighted by Gasteiger charge is 2.43. The lowest BCUT2D eigenvalue weighted by Gasteiger charge is -2.36. The fraction of sp³-hybridized carbons (Fsp3) is 0.778. The van der Waals surface area contributed by atoms with Crippen molar-refractivity contribution in [1.29, 1.82) is 0 Å². The Hall–Kier alpha value is -0.733. The van der Waals surface area contributed by atoms with E-state index in [1.807, 2.05) is 27.0 Å². The van der Waals surface area contributed by atoms with Crippen molar-refractivity contribution in [2.45, 2.75) is 109 Å². The van der Waals surface area contributed by atoms with E-state index in [0.29, 0.717) is 38.8 Å². The highest BCUT2D eigenvalue weighted by molar-refractivity contribution is 9.10. The summed E-state index contributed by atoms with van der Waals surface area (Å²) in [7, 11) is -1.18. The van der Waals surface area contributed by atoms with Crippen LogP contribution in [0, 0.1) is 0 Å². The summed E-state index contributed by atoms with van der Waals surface area (Å²) >= 11 is 2.48. The van der Waals surface area contributed by atoms with Crippen LogP contribution in [-0.2, 0) is 38.1 Å². The molecule has 3 rings (SSSR count). The van der Waals surface area contributed by atoms with Gasteiger partial charge in [-0.1, -0.05) is 32.5 Å². The summed E-state index contributed by atoms with van der Waals surface area (Å²) in [4.78, 5) is 9.08. The molecule has 9 nitrogen and oxygen atoms in total. The maximum absolute atomic E-state index is 13.6. The molecule has 2 aromatic rings. The number of halogens is 1. The third kappa shape index (κ3) is 9.13. The highest BCUT2D eigenvalue weighted by Crippen LogP contribution is 2.37.